The molecule has 0 fully saturated rings. The molecule has 0 radical (unpaired) electrons. The molecule has 0 spiro atoms. The number of fused-ring (bicyclic) bond motifs is 1. The van der Waals surface area contributed by atoms with E-state index < -0.39 is 29.2 Å². The van der Waals surface area contributed by atoms with E-state index in [1.165, 1.54) is 19.3 Å². The predicted octanol–water partition coefficient (Wildman–Crippen LogP) is 4.31. The number of hydrogen-bond acceptors (Lipinski definition) is 3. The van der Waals surface area contributed by atoms with Crippen LogP contribution in [0.5, 0.6) is 0 Å². The van der Waals surface area contributed by atoms with Crippen LogP contribution < -0.4 is 0 Å². The van der Waals surface area contributed by atoms with Gasteiger partial charge in [0.2, 0.25) is 5.79 Å². The molecule has 0 aliphatic rings. The molecule has 2 heterocycles. The second-order valence-corrected chi connectivity index (χ2v) is 6.79. The van der Waals surface area contributed by atoms with Crippen LogP contribution in [0.4, 0.5) is 17.7 Å². The third-order valence-electron chi connectivity index (χ3n) is 4.82. The van der Waals surface area contributed by atoms with Gasteiger partial charge >= 0.3 is 0 Å². The zero-order valence-corrected chi connectivity index (χ0v) is 15.5. The van der Waals surface area contributed by atoms with Crippen molar-refractivity contribution in [3.8, 4) is 0 Å². The molecule has 3 aromatic rings. The number of nitrogens with zero attached hydrogens (tertiary/aromatic N) is 3. The van der Waals surface area contributed by atoms with Gasteiger partial charge in [0.15, 0.2) is 5.82 Å². The highest BCUT2D eigenvalue weighted by Gasteiger charge is 2.46. The number of halogens is 4. The first-order valence-electron chi connectivity index (χ1n) is 8.95. The molecule has 28 heavy (non-hydrogen) atoms. The highest BCUT2D eigenvalue weighted by atomic mass is 19.2. The molecule has 0 aliphatic heterocycles. The number of hydrogen-bond donors (Lipinski definition) is 1. The van der Waals surface area contributed by atoms with Gasteiger partial charge in [-0.25, -0.2) is 13.2 Å². The number of aliphatic hydroxyl groups excluding tert-OH is 1. The number of aromatic nitrogens is 2. The minimum atomic E-state index is -2.79. The maximum Gasteiger partial charge on any atom is 0.235 e. The van der Waals surface area contributed by atoms with Crippen LogP contribution in [0, 0.1) is 11.6 Å². The molecule has 0 saturated heterocycles. The molecule has 3 rings (SSSR count). The zero-order valence-electron chi connectivity index (χ0n) is 15.5. The molecule has 2 aromatic heterocycles. The highest BCUT2D eigenvalue weighted by molar-refractivity contribution is 5.81. The van der Waals surface area contributed by atoms with Gasteiger partial charge in [0.1, 0.15) is 11.5 Å². The fourth-order valence-corrected chi connectivity index (χ4v) is 3.41. The van der Waals surface area contributed by atoms with E-state index in [0.29, 0.717) is 12.8 Å². The maximum atomic E-state index is 16.5. The van der Waals surface area contributed by atoms with E-state index in [0.717, 1.165) is 35.4 Å². The van der Waals surface area contributed by atoms with Crippen LogP contribution in [0.1, 0.15) is 31.0 Å². The Bertz CT molecular complexity index is 921. The first-order valence-corrected chi connectivity index (χ1v) is 8.95. The van der Waals surface area contributed by atoms with Crippen molar-refractivity contribution in [3.63, 3.8) is 0 Å². The summed E-state index contributed by atoms with van der Waals surface area (Å²) in [6.45, 7) is 1.68. The monoisotopic (exact) mass is 395 g/mol. The Kier molecular flexibility index (Phi) is 5.71. The molecular formula is C20H21F4N3O. The second kappa shape index (κ2) is 7.89. The van der Waals surface area contributed by atoms with Gasteiger partial charge in [0, 0.05) is 24.5 Å². The van der Waals surface area contributed by atoms with Crippen molar-refractivity contribution < 1.29 is 22.8 Å². The van der Waals surface area contributed by atoms with Gasteiger partial charge in [-0.2, -0.15) is 4.79 Å². The Hall–Kier alpha value is -2.45. The summed E-state index contributed by atoms with van der Waals surface area (Å²) in [5, 5.41) is 9.95. The Morgan fingerprint density at radius 3 is 2.50 bits per heavy atom. The molecule has 150 valence electrons. The summed E-state index contributed by atoms with van der Waals surface area (Å²) in [5.41, 5.74) is -1.21. The number of aliphatic hydroxyl groups is 1. The van der Waals surface area contributed by atoms with Gasteiger partial charge < -0.3 is 5.11 Å². The van der Waals surface area contributed by atoms with Crippen LogP contribution >= 0.6 is 0 Å². The molecule has 1 aromatic carbocycles. The third kappa shape index (κ3) is 3.38. The summed E-state index contributed by atoms with van der Waals surface area (Å²) in [6.07, 6.45) is 2.55. The van der Waals surface area contributed by atoms with Crippen LogP contribution in [0.3, 0.4) is 0 Å². The Balaban J connectivity index is 2.21. The van der Waals surface area contributed by atoms with Crippen LogP contribution in [-0.4, -0.2) is 39.5 Å². The molecular weight excluding hydrogens is 374 g/mol. The van der Waals surface area contributed by atoms with E-state index in [2.05, 4.69) is 4.98 Å². The Labute approximate surface area is 160 Å². The summed E-state index contributed by atoms with van der Waals surface area (Å²) >= 11 is 0. The number of alkyl halides is 1. The molecule has 8 heteroatoms. The standard InChI is InChI=1S/C20H21F4N3O/c1-3-4-15(28)12-26(2)20(23,13-5-7-14(21)8-6-13)19-18(22)16-11-25-10-9-17(16)27(19)24/h5-11,15,28H,3-4,12H2,1-2H3. The van der Waals surface area contributed by atoms with Crippen molar-refractivity contribution in [2.45, 2.75) is 31.7 Å². The van der Waals surface area contributed by atoms with Gasteiger partial charge in [-0.05, 0) is 31.7 Å². The molecule has 0 aliphatic carbocycles. The molecule has 1 N–H and O–H groups in total. The lowest BCUT2D eigenvalue weighted by atomic mass is 9.98. The van der Waals surface area contributed by atoms with E-state index in [1.54, 1.807) is 0 Å². The maximum absolute atomic E-state index is 16.5. The smallest absolute Gasteiger partial charge is 0.235 e. The lowest BCUT2D eigenvalue weighted by Gasteiger charge is -2.36. The summed E-state index contributed by atoms with van der Waals surface area (Å²) in [5.74, 6) is -4.50. The normalized spacial score (nSPS) is 15.1. The number of likely N-dealkylation sites (N-methyl/N-ethyl adjacent to an activating group) is 1. The summed E-state index contributed by atoms with van der Waals surface area (Å²) in [7, 11) is 1.32. The SMILES string of the molecule is CCCC(O)CN(C)C(F)(c1ccc(F)cc1)c1c(F)c2cnccc2n1F. The van der Waals surface area contributed by atoms with E-state index in [4.69, 9.17) is 0 Å². The lowest BCUT2D eigenvalue weighted by molar-refractivity contribution is -0.0261. The zero-order chi connectivity index (χ0) is 20.5. The topological polar surface area (TPSA) is 41.3 Å². The van der Waals surface area contributed by atoms with Crippen LogP contribution in [-0.2, 0) is 5.79 Å². The Morgan fingerprint density at radius 2 is 1.89 bits per heavy atom. The van der Waals surface area contributed by atoms with Gasteiger partial charge in [-0.1, -0.05) is 30.0 Å². The second-order valence-electron chi connectivity index (χ2n) is 6.79. The number of pyridine rings is 1. The van der Waals surface area contributed by atoms with Crippen LogP contribution in [0.15, 0.2) is 42.7 Å². The number of benzene rings is 1. The first kappa shape index (κ1) is 20.3. The van der Waals surface area contributed by atoms with Gasteiger partial charge in [-0.15, -0.1) is 0 Å². The van der Waals surface area contributed by atoms with E-state index in [1.807, 2.05) is 6.92 Å². The fourth-order valence-electron chi connectivity index (χ4n) is 3.41. The molecule has 0 saturated carbocycles. The average Bonchev–Trinajstić information content (AvgIpc) is 2.93. The molecule has 2 unspecified atom stereocenters. The van der Waals surface area contributed by atoms with Crippen LogP contribution in [0.25, 0.3) is 10.9 Å². The minimum absolute atomic E-state index is 0.0571. The quantitative estimate of drug-likeness (QED) is 0.479. The first-order chi connectivity index (χ1) is 13.3. The van der Waals surface area contributed by atoms with Crippen molar-refractivity contribution in [1.82, 2.24) is 14.7 Å². The molecule has 0 bridgehead atoms. The summed E-state index contributed by atoms with van der Waals surface area (Å²) in [4.78, 5) is 4.74. The van der Waals surface area contributed by atoms with E-state index in [-0.39, 0.29) is 27.8 Å². The predicted molar refractivity (Wildman–Crippen MR) is 98.0 cm³/mol. The van der Waals surface area contributed by atoms with Gasteiger partial charge in [0.05, 0.1) is 17.0 Å². The van der Waals surface area contributed by atoms with Crippen molar-refractivity contribution in [1.29, 1.82) is 0 Å². The highest BCUT2D eigenvalue weighted by Crippen LogP contribution is 2.42. The molecule has 4 nitrogen and oxygen atoms in total. The molecule has 2 atom stereocenters. The van der Waals surface area contributed by atoms with E-state index >= 15 is 13.3 Å². The number of rotatable bonds is 7. The van der Waals surface area contributed by atoms with Crippen molar-refractivity contribution in [2.24, 2.45) is 0 Å². The largest absolute Gasteiger partial charge is 0.392 e. The van der Waals surface area contributed by atoms with Crippen molar-refractivity contribution >= 4 is 10.9 Å². The average molecular weight is 395 g/mol. The van der Waals surface area contributed by atoms with Crippen LogP contribution in [0.2, 0.25) is 0 Å². The van der Waals surface area contributed by atoms with E-state index in [9.17, 15) is 9.50 Å². The lowest BCUT2D eigenvalue weighted by Crippen LogP contribution is -2.46. The van der Waals surface area contributed by atoms with Crippen molar-refractivity contribution in [2.75, 3.05) is 13.6 Å². The third-order valence-corrected chi connectivity index (χ3v) is 4.82. The fraction of sp³-hybridized carbons (Fsp3) is 0.350. The molecule has 0 amide bonds. The summed E-state index contributed by atoms with van der Waals surface area (Å²) < 4.78 is 60.0. The summed E-state index contributed by atoms with van der Waals surface area (Å²) in [6, 6.07) is 5.54. The Morgan fingerprint density at radius 1 is 1.21 bits per heavy atom. The van der Waals surface area contributed by atoms with Gasteiger partial charge in [0.25, 0.3) is 0 Å². The van der Waals surface area contributed by atoms with Crippen molar-refractivity contribution in [3.05, 3.63) is 65.6 Å². The van der Waals surface area contributed by atoms with Gasteiger partial charge in [-0.3, -0.25) is 9.88 Å². The minimum Gasteiger partial charge on any atom is -0.392 e.